The lowest BCUT2D eigenvalue weighted by atomic mass is 10.0. The van der Waals surface area contributed by atoms with Gasteiger partial charge in [0.2, 0.25) is 11.8 Å². The molecule has 0 bridgehead atoms. The first kappa shape index (κ1) is 13.8. The van der Waals surface area contributed by atoms with E-state index in [2.05, 4.69) is 25.4 Å². The minimum atomic E-state index is 0.215. The molecule has 0 radical (unpaired) electrons. The van der Waals surface area contributed by atoms with Crippen molar-refractivity contribution in [2.24, 2.45) is 0 Å². The third-order valence-corrected chi connectivity index (χ3v) is 4.35. The number of piperidine rings is 1. The van der Waals surface area contributed by atoms with Gasteiger partial charge in [-0.3, -0.25) is 4.90 Å². The average molecular weight is 304 g/mol. The van der Waals surface area contributed by atoms with Crippen LogP contribution in [0.15, 0.2) is 10.6 Å². The summed E-state index contributed by atoms with van der Waals surface area (Å²) in [6.07, 6.45) is 2.98. The third-order valence-electron chi connectivity index (χ3n) is 4.35. The Bertz CT molecular complexity index is 651. The molecule has 22 heavy (non-hydrogen) atoms. The first-order valence-electron chi connectivity index (χ1n) is 7.76. The normalized spacial score (nSPS) is 25.2. The van der Waals surface area contributed by atoms with Gasteiger partial charge in [-0.1, -0.05) is 19.1 Å². The molecule has 0 saturated carbocycles. The first-order chi connectivity index (χ1) is 10.7. The standard InChI is InChI=1S/C14H20N6O2/c1-9(2)14-17-16-13(22-14)7-19-4-3-12-11(6-19)20-10(8-21-12)5-15-18-20/h5,9,11-12H,3-4,6-8H2,1-2H3/t11-,12-/m0/s1. The molecule has 118 valence electrons. The van der Waals surface area contributed by atoms with Crippen LogP contribution in [0.25, 0.3) is 0 Å². The van der Waals surface area contributed by atoms with Gasteiger partial charge in [0.05, 0.1) is 37.2 Å². The number of hydrogen-bond donors (Lipinski definition) is 0. The number of hydrogen-bond acceptors (Lipinski definition) is 7. The zero-order valence-corrected chi connectivity index (χ0v) is 12.8. The van der Waals surface area contributed by atoms with Crippen LogP contribution in [0.1, 0.15) is 49.7 Å². The summed E-state index contributed by atoms with van der Waals surface area (Å²) in [6.45, 7) is 7.20. The van der Waals surface area contributed by atoms with Gasteiger partial charge in [0, 0.05) is 19.0 Å². The molecule has 4 rings (SSSR count). The molecule has 2 aromatic heterocycles. The highest BCUT2D eigenvalue weighted by Crippen LogP contribution is 2.30. The molecule has 0 aromatic carbocycles. The van der Waals surface area contributed by atoms with E-state index in [1.165, 1.54) is 0 Å². The van der Waals surface area contributed by atoms with Gasteiger partial charge >= 0.3 is 0 Å². The number of nitrogens with zero attached hydrogens (tertiary/aromatic N) is 6. The second-order valence-electron chi connectivity index (χ2n) is 6.30. The van der Waals surface area contributed by atoms with Gasteiger partial charge in [0.15, 0.2) is 0 Å². The first-order valence-corrected chi connectivity index (χ1v) is 7.76. The predicted molar refractivity (Wildman–Crippen MR) is 75.9 cm³/mol. The van der Waals surface area contributed by atoms with E-state index in [9.17, 15) is 0 Å². The van der Waals surface area contributed by atoms with Crippen molar-refractivity contribution in [2.75, 3.05) is 13.1 Å². The molecule has 2 aliphatic heterocycles. The van der Waals surface area contributed by atoms with Crippen molar-refractivity contribution in [3.63, 3.8) is 0 Å². The summed E-state index contributed by atoms with van der Waals surface area (Å²) in [6, 6.07) is 0.215. The van der Waals surface area contributed by atoms with Gasteiger partial charge in [-0.15, -0.1) is 15.3 Å². The fourth-order valence-electron chi connectivity index (χ4n) is 3.14. The Labute approximate surface area is 128 Å². The molecule has 2 atom stereocenters. The van der Waals surface area contributed by atoms with E-state index < -0.39 is 0 Å². The molecule has 1 fully saturated rings. The largest absolute Gasteiger partial charge is 0.424 e. The Morgan fingerprint density at radius 2 is 2.27 bits per heavy atom. The molecule has 0 amide bonds. The fourth-order valence-corrected chi connectivity index (χ4v) is 3.14. The zero-order valence-electron chi connectivity index (χ0n) is 12.8. The Hall–Kier alpha value is -1.80. The smallest absolute Gasteiger partial charge is 0.230 e. The van der Waals surface area contributed by atoms with Crippen molar-refractivity contribution < 1.29 is 9.15 Å². The van der Waals surface area contributed by atoms with E-state index in [1.54, 1.807) is 6.20 Å². The lowest BCUT2D eigenvalue weighted by molar-refractivity contribution is -0.0679. The molecular weight excluding hydrogens is 284 g/mol. The van der Waals surface area contributed by atoms with Gasteiger partial charge in [0.1, 0.15) is 0 Å². The Balaban J connectivity index is 1.47. The van der Waals surface area contributed by atoms with Crippen LogP contribution in [0, 0.1) is 0 Å². The summed E-state index contributed by atoms with van der Waals surface area (Å²) in [5.74, 6) is 1.64. The minimum Gasteiger partial charge on any atom is -0.424 e. The van der Waals surface area contributed by atoms with E-state index in [0.29, 0.717) is 24.9 Å². The number of likely N-dealkylation sites (tertiary alicyclic amines) is 1. The second kappa shape index (κ2) is 5.44. The monoisotopic (exact) mass is 304 g/mol. The fraction of sp³-hybridized carbons (Fsp3) is 0.714. The molecule has 4 heterocycles. The number of aromatic nitrogens is 5. The van der Waals surface area contributed by atoms with Crippen molar-refractivity contribution >= 4 is 0 Å². The van der Waals surface area contributed by atoms with Crippen molar-refractivity contribution in [2.45, 2.75) is 51.5 Å². The summed E-state index contributed by atoms with van der Waals surface area (Å²) < 4.78 is 13.6. The molecule has 8 heteroatoms. The van der Waals surface area contributed by atoms with E-state index >= 15 is 0 Å². The molecule has 0 N–H and O–H groups in total. The van der Waals surface area contributed by atoms with E-state index in [0.717, 1.165) is 25.2 Å². The van der Waals surface area contributed by atoms with E-state index in [-0.39, 0.29) is 18.1 Å². The highest BCUT2D eigenvalue weighted by Gasteiger charge is 2.36. The van der Waals surface area contributed by atoms with Crippen molar-refractivity contribution in [3.8, 4) is 0 Å². The van der Waals surface area contributed by atoms with Crippen molar-refractivity contribution in [1.29, 1.82) is 0 Å². The van der Waals surface area contributed by atoms with Crippen LogP contribution in [0.3, 0.4) is 0 Å². The number of fused-ring (bicyclic) bond motifs is 3. The summed E-state index contributed by atoms with van der Waals surface area (Å²) in [7, 11) is 0. The summed E-state index contributed by atoms with van der Waals surface area (Å²) >= 11 is 0. The van der Waals surface area contributed by atoms with Crippen LogP contribution in [0.4, 0.5) is 0 Å². The van der Waals surface area contributed by atoms with Crippen LogP contribution < -0.4 is 0 Å². The second-order valence-corrected chi connectivity index (χ2v) is 6.30. The topological polar surface area (TPSA) is 82.1 Å². The molecule has 8 nitrogen and oxygen atoms in total. The maximum Gasteiger partial charge on any atom is 0.230 e. The highest BCUT2D eigenvalue weighted by molar-refractivity contribution is 5.01. The molecule has 1 saturated heterocycles. The SMILES string of the molecule is CC(C)c1nnc(CN2CC[C@@H]3OCc4cnnn4[C@H]3C2)o1. The summed E-state index contributed by atoms with van der Waals surface area (Å²) in [5.41, 5.74) is 1.04. The molecule has 2 aromatic rings. The van der Waals surface area contributed by atoms with Gasteiger partial charge in [0.25, 0.3) is 0 Å². The Morgan fingerprint density at radius 3 is 3.09 bits per heavy atom. The van der Waals surface area contributed by atoms with Crippen LogP contribution in [0.5, 0.6) is 0 Å². The summed E-state index contributed by atoms with van der Waals surface area (Å²) in [5, 5.41) is 16.5. The van der Waals surface area contributed by atoms with Gasteiger partial charge in [-0.05, 0) is 6.42 Å². The zero-order chi connectivity index (χ0) is 15.1. The Morgan fingerprint density at radius 1 is 1.36 bits per heavy atom. The van der Waals surface area contributed by atoms with Crippen molar-refractivity contribution in [1.82, 2.24) is 30.1 Å². The molecule has 2 aliphatic rings. The third kappa shape index (κ3) is 2.42. The predicted octanol–water partition coefficient (Wildman–Crippen LogP) is 1.13. The van der Waals surface area contributed by atoms with Crippen LogP contribution >= 0.6 is 0 Å². The molecule has 0 aliphatic carbocycles. The number of rotatable bonds is 3. The highest BCUT2D eigenvalue weighted by atomic mass is 16.5. The number of ether oxygens (including phenoxy) is 1. The van der Waals surface area contributed by atoms with Gasteiger partial charge in [-0.25, -0.2) is 4.68 Å². The maximum atomic E-state index is 5.92. The lowest BCUT2D eigenvalue weighted by Crippen LogP contribution is -2.47. The van der Waals surface area contributed by atoms with Crippen LogP contribution in [0.2, 0.25) is 0 Å². The van der Waals surface area contributed by atoms with E-state index in [4.69, 9.17) is 9.15 Å². The quantitative estimate of drug-likeness (QED) is 0.840. The maximum absolute atomic E-state index is 5.92. The van der Waals surface area contributed by atoms with Crippen molar-refractivity contribution in [3.05, 3.63) is 23.7 Å². The molecule has 0 unspecified atom stereocenters. The van der Waals surface area contributed by atoms with Crippen LogP contribution in [-0.2, 0) is 17.9 Å². The van der Waals surface area contributed by atoms with Gasteiger partial charge in [-0.2, -0.15) is 0 Å². The summed E-state index contributed by atoms with van der Waals surface area (Å²) in [4.78, 5) is 2.32. The minimum absolute atomic E-state index is 0.215. The molecule has 0 spiro atoms. The lowest BCUT2D eigenvalue weighted by Gasteiger charge is -2.40. The average Bonchev–Trinajstić information content (AvgIpc) is 3.15. The van der Waals surface area contributed by atoms with E-state index in [1.807, 2.05) is 18.5 Å². The Kier molecular flexibility index (Phi) is 3.42. The van der Waals surface area contributed by atoms with Gasteiger partial charge < -0.3 is 9.15 Å². The van der Waals surface area contributed by atoms with Crippen LogP contribution in [-0.4, -0.2) is 49.3 Å². The molecular formula is C14H20N6O2.